The van der Waals surface area contributed by atoms with Crippen molar-refractivity contribution in [3.05, 3.63) is 5.82 Å². The van der Waals surface area contributed by atoms with Gasteiger partial charge in [-0.05, 0) is 18.6 Å². The van der Waals surface area contributed by atoms with Crippen molar-refractivity contribution < 1.29 is 9.59 Å². The van der Waals surface area contributed by atoms with Crippen LogP contribution in [-0.2, 0) is 16.1 Å². The number of aromatic nitrogens is 4. The zero-order valence-electron chi connectivity index (χ0n) is 13.4. The lowest BCUT2D eigenvalue weighted by atomic mass is 10.1. The monoisotopic (exact) mass is 310 g/mol. The minimum absolute atomic E-state index is 0.0308. The molecule has 0 aliphatic carbocycles. The summed E-state index contributed by atoms with van der Waals surface area (Å²) in [6, 6.07) is -0.610. The molecule has 8 nitrogen and oxygen atoms in total. The van der Waals surface area contributed by atoms with Crippen molar-refractivity contribution in [3.63, 3.8) is 0 Å². The lowest BCUT2D eigenvalue weighted by Crippen LogP contribution is -2.32. The van der Waals surface area contributed by atoms with Crippen LogP contribution < -0.4 is 11.1 Å². The molecule has 0 aliphatic heterocycles. The van der Waals surface area contributed by atoms with E-state index in [2.05, 4.69) is 27.7 Å². The quantitative estimate of drug-likeness (QED) is 0.593. The van der Waals surface area contributed by atoms with Crippen molar-refractivity contribution in [1.29, 1.82) is 0 Å². The van der Waals surface area contributed by atoms with Crippen LogP contribution in [-0.4, -0.2) is 32.0 Å². The molecule has 0 aliphatic rings. The summed E-state index contributed by atoms with van der Waals surface area (Å²) in [6.45, 7) is 4.60. The van der Waals surface area contributed by atoms with Gasteiger partial charge in [-0.2, -0.15) is 4.80 Å². The molecule has 124 valence electrons. The Labute approximate surface area is 130 Å². The third-order valence-corrected chi connectivity index (χ3v) is 3.31. The van der Waals surface area contributed by atoms with Gasteiger partial charge >= 0.3 is 0 Å². The van der Waals surface area contributed by atoms with Gasteiger partial charge in [-0.15, -0.1) is 10.2 Å². The normalized spacial score (nSPS) is 12.1. The number of carbonyl (C=O) groups excluding carboxylic acids is 2. The molecule has 8 heteroatoms. The molecule has 3 N–H and O–H groups in total. The first kappa shape index (κ1) is 18.1. The van der Waals surface area contributed by atoms with E-state index < -0.39 is 11.9 Å². The molecular formula is C14H26N6O2. The highest BCUT2D eigenvalue weighted by Crippen LogP contribution is 2.12. The Hall–Kier alpha value is -1.99. The number of nitrogens with zero attached hydrogens (tertiary/aromatic N) is 4. The highest BCUT2D eigenvalue weighted by atomic mass is 16.2. The summed E-state index contributed by atoms with van der Waals surface area (Å²) in [5.74, 6) is -0.309. The van der Waals surface area contributed by atoms with Gasteiger partial charge in [0, 0.05) is 6.42 Å². The Morgan fingerprint density at radius 2 is 1.95 bits per heavy atom. The predicted molar refractivity (Wildman–Crippen MR) is 81.6 cm³/mol. The molecule has 0 unspecified atom stereocenters. The number of tetrazole rings is 1. The molecule has 0 saturated heterocycles. The number of carbonyl (C=O) groups is 2. The molecule has 1 aromatic rings. The van der Waals surface area contributed by atoms with Crippen LogP contribution >= 0.6 is 0 Å². The van der Waals surface area contributed by atoms with E-state index in [1.807, 2.05) is 6.92 Å². The van der Waals surface area contributed by atoms with Gasteiger partial charge in [-0.3, -0.25) is 9.59 Å². The van der Waals surface area contributed by atoms with E-state index >= 15 is 0 Å². The number of hydrogen-bond donors (Lipinski definition) is 2. The summed E-state index contributed by atoms with van der Waals surface area (Å²) in [5, 5.41) is 14.6. The summed E-state index contributed by atoms with van der Waals surface area (Å²) >= 11 is 0. The Bertz CT molecular complexity index is 474. The zero-order chi connectivity index (χ0) is 16.4. The van der Waals surface area contributed by atoms with Gasteiger partial charge in [-0.1, -0.05) is 32.6 Å². The van der Waals surface area contributed by atoms with E-state index in [0.29, 0.717) is 18.8 Å². The minimum atomic E-state index is -0.610. The maximum absolute atomic E-state index is 12.0. The second kappa shape index (κ2) is 9.86. The van der Waals surface area contributed by atoms with Gasteiger partial charge in [-0.25, -0.2) is 0 Å². The highest BCUT2D eigenvalue weighted by Gasteiger charge is 2.21. The van der Waals surface area contributed by atoms with Crippen molar-refractivity contribution in [2.24, 2.45) is 5.73 Å². The highest BCUT2D eigenvalue weighted by molar-refractivity contribution is 5.78. The largest absolute Gasteiger partial charge is 0.370 e. The Balaban J connectivity index is 2.50. The van der Waals surface area contributed by atoms with Crippen LogP contribution in [0.4, 0.5) is 0 Å². The molecule has 1 aromatic heterocycles. The molecule has 1 atom stereocenters. The molecular weight excluding hydrogens is 284 g/mol. The number of nitrogens with two attached hydrogens (primary N) is 1. The van der Waals surface area contributed by atoms with Crippen LogP contribution in [0.1, 0.15) is 70.7 Å². The number of amides is 2. The maximum Gasteiger partial charge on any atom is 0.220 e. The summed E-state index contributed by atoms with van der Waals surface area (Å²) in [4.78, 5) is 24.5. The lowest BCUT2D eigenvalue weighted by Gasteiger charge is -2.13. The van der Waals surface area contributed by atoms with Gasteiger partial charge in [0.2, 0.25) is 11.8 Å². The summed E-state index contributed by atoms with van der Waals surface area (Å²) in [6.07, 6.45) is 5.77. The second-order valence-corrected chi connectivity index (χ2v) is 5.29. The van der Waals surface area contributed by atoms with E-state index in [0.717, 1.165) is 19.3 Å². The van der Waals surface area contributed by atoms with Crippen LogP contribution in [0.2, 0.25) is 0 Å². The van der Waals surface area contributed by atoms with Gasteiger partial charge in [0.15, 0.2) is 5.82 Å². The zero-order valence-corrected chi connectivity index (χ0v) is 13.4. The lowest BCUT2D eigenvalue weighted by molar-refractivity contribution is -0.122. The van der Waals surface area contributed by atoms with Gasteiger partial charge < -0.3 is 11.1 Å². The average molecular weight is 310 g/mol. The fraction of sp³-hybridized carbons (Fsp3) is 0.786. The van der Waals surface area contributed by atoms with Crippen molar-refractivity contribution >= 4 is 11.8 Å². The molecule has 0 fully saturated rings. The smallest absolute Gasteiger partial charge is 0.220 e. The number of hydrogen-bond acceptors (Lipinski definition) is 5. The van der Waals surface area contributed by atoms with Crippen LogP contribution in [0.15, 0.2) is 0 Å². The molecule has 1 heterocycles. The summed E-state index contributed by atoms with van der Waals surface area (Å²) in [7, 11) is 0. The van der Waals surface area contributed by atoms with Gasteiger partial charge in [0.1, 0.15) is 6.04 Å². The topological polar surface area (TPSA) is 116 Å². The third kappa shape index (κ3) is 6.64. The number of primary amides is 1. The first-order valence-electron chi connectivity index (χ1n) is 7.92. The molecule has 2 amide bonds. The fourth-order valence-electron chi connectivity index (χ4n) is 2.09. The van der Waals surface area contributed by atoms with Crippen molar-refractivity contribution in [2.45, 2.75) is 71.4 Å². The molecule has 22 heavy (non-hydrogen) atoms. The minimum Gasteiger partial charge on any atom is -0.370 e. The Kier molecular flexibility index (Phi) is 8.09. The van der Waals surface area contributed by atoms with Crippen LogP contribution in [0.25, 0.3) is 0 Å². The standard InChI is InChI=1S/C14H26N6O2/c1-3-5-6-7-8-9-13(22)16-11(10-12(15)21)14-17-19-20(4-2)18-14/h11H,3-10H2,1-2H3,(H2,15,21)(H,16,22)/t11-/m1/s1. The van der Waals surface area contributed by atoms with Gasteiger partial charge in [0.25, 0.3) is 0 Å². The SMILES string of the molecule is CCCCCCCC(=O)N[C@H](CC(N)=O)c1nnn(CC)n1. The molecule has 0 bridgehead atoms. The van der Waals surface area contributed by atoms with Crippen molar-refractivity contribution in [1.82, 2.24) is 25.5 Å². The molecule has 0 aromatic carbocycles. The van der Waals surface area contributed by atoms with E-state index in [9.17, 15) is 9.59 Å². The first-order chi connectivity index (χ1) is 10.6. The summed E-state index contributed by atoms with van der Waals surface area (Å²) < 4.78 is 0. The molecule has 0 radical (unpaired) electrons. The van der Waals surface area contributed by atoms with Crippen molar-refractivity contribution in [3.8, 4) is 0 Å². The number of unbranched alkanes of at least 4 members (excludes halogenated alkanes) is 4. The third-order valence-electron chi connectivity index (χ3n) is 3.31. The average Bonchev–Trinajstić information content (AvgIpc) is 2.95. The van der Waals surface area contributed by atoms with Crippen LogP contribution in [0.5, 0.6) is 0 Å². The van der Waals surface area contributed by atoms with Crippen LogP contribution in [0.3, 0.4) is 0 Å². The van der Waals surface area contributed by atoms with Crippen molar-refractivity contribution in [2.75, 3.05) is 0 Å². The molecule has 0 spiro atoms. The predicted octanol–water partition coefficient (Wildman–Crippen LogP) is 1.09. The van der Waals surface area contributed by atoms with E-state index in [-0.39, 0.29) is 12.3 Å². The second-order valence-electron chi connectivity index (χ2n) is 5.29. The van der Waals surface area contributed by atoms with E-state index in [1.54, 1.807) is 0 Å². The Morgan fingerprint density at radius 1 is 1.23 bits per heavy atom. The van der Waals surface area contributed by atoms with Gasteiger partial charge in [0.05, 0.1) is 13.0 Å². The van der Waals surface area contributed by atoms with E-state index in [1.165, 1.54) is 17.6 Å². The number of nitrogens with one attached hydrogen (secondary N) is 1. The maximum atomic E-state index is 12.0. The number of aryl methyl sites for hydroxylation is 1. The summed E-state index contributed by atoms with van der Waals surface area (Å²) in [5.41, 5.74) is 5.23. The Morgan fingerprint density at radius 3 is 2.55 bits per heavy atom. The first-order valence-corrected chi connectivity index (χ1v) is 7.92. The fourth-order valence-corrected chi connectivity index (χ4v) is 2.09. The molecule has 0 saturated carbocycles. The van der Waals surface area contributed by atoms with Crippen LogP contribution in [0, 0.1) is 0 Å². The molecule has 1 rings (SSSR count). The number of rotatable bonds is 11. The van der Waals surface area contributed by atoms with E-state index in [4.69, 9.17) is 5.73 Å².